The van der Waals surface area contributed by atoms with E-state index in [1.54, 1.807) is 24.3 Å². The van der Waals surface area contributed by atoms with E-state index in [1.807, 2.05) is 6.07 Å². The monoisotopic (exact) mass is 256 g/mol. The van der Waals surface area contributed by atoms with Gasteiger partial charge in [0, 0.05) is 10.4 Å². The molecule has 3 nitrogen and oxygen atoms in total. The summed E-state index contributed by atoms with van der Waals surface area (Å²) in [5.74, 6) is 0. The van der Waals surface area contributed by atoms with Crippen LogP contribution in [0.3, 0.4) is 0 Å². The van der Waals surface area contributed by atoms with Gasteiger partial charge in [-0.15, -0.1) is 0 Å². The van der Waals surface area contributed by atoms with E-state index < -0.39 is 10.1 Å². The molecule has 0 aromatic heterocycles. The number of hydrogen-bond acceptors (Lipinski definition) is 3. The van der Waals surface area contributed by atoms with E-state index in [1.165, 1.54) is 6.07 Å². The summed E-state index contributed by atoms with van der Waals surface area (Å²) in [6.45, 7) is 0. The predicted octanol–water partition coefficient (Wildman–Crippen LogP) is 2.83. The first kappa shape index (κ1) is 11.4. The van der Waals surface area contributed by atoms with Gasteiger partial charge in [-0.25, -0.2) is 0 Å². The number of rotatable bonds is 2. The molecule has 0 atom stereocenters. The lowest BCUT2D eigenvalue weighted by molar-refractivity contribution is 0.398. The van der Waals surface area contributed by atoms with E-state index in [0.29, 0.717) is 10.4 Å². The quantitative estimate of drug-likeness (QED) is 0.776. The first-order valence-electron chi connectivity index (χ1n) is 4.53. The maximum atomic E-state index is 11.7. The molecule has 0 aliphatic rings. The normalized spacial score (nSPS) is 11.9. The Morgan fingerprint density at radius 3 is 2.56 bits per heavy atom. The summed E-state index contributed by atoms with van der Waals surface area (Å²) in [6.07, 6.45) is 0. The van der Waals surface area contributed by atoms with Gasteiger partial charge in [0.15, 0.2) is 0 Å². The van der Waals surface area contributed by atoms with E-state index in [2.05, 4.69) is 4.18 Å². The molecule has 0 saturated carbocycles. The second-order valence-corrected chi connectivity index (χ2v) is 5.36. The van der Waals surface area contributed by atoms with Gasteiger partial charge in [0.25, 0.3) is 10.1 Å². The Balaban J connectivity index is 2.89. The van der Waals surface area contributed by atoms with E-state index in [0.717, 1.165) is 12.5 Å². The Labute approximate surface area is 98.7 Å². The molecule has 0 bridgehead atoms. The molecule has 0 amide bonds. The fourth-order valence-electron chi connectivity index (χ4n) is 1.54. The molecular formula is C11H9ClO3S. The van der Waals surface area contributed by atoms with E-state index in [-0.39, 0.29) is 4.90 Å². The average Bonchev–Trinajstić information content (AvgIpc) is 2.28. The van der Waals surface area contributed by atoms with Crippen LogP contribution in [0.15, 0.2) is 41.3 Å². The first-order valence-corrected chi connectivity index (χ1v) is 6.32. The van der Waals surface area contributed by atoms with Crippen molar-refractivity contribution >= 4 is 32.5 Å². The molecule has 0 fully saturated rings. The van der Waals surface area contributed by atoms with Crippen molar-refractivity contribution in [3.8, 4) is 0 Å². The zero-order valence-electron chi connectivity index (χ0n) is 8.48. The summed E-state index contributed by atoms with van der Waals surface area (Å²) in [7, 11) is -2.60. The molecule has 2 rings (SSSR count). The molecular weight excluding hydrogens is 248 g/mol. The maximum absolute atomic E-state index is 11.7. The lowest BCUT2D eigenvalue weighted by Gasteiger charge is -2.06. The molecule has 0 spiro atoms. The van der Waals surface area contributed by atoms with Crippen molar-refractivity contribution in [2.24, 2.45) is 0 Å². The summed E-state index contributed by atoms with van der Waals surface area (Å²) in [6, 6.07) is 10.2. The van der Waals surface area contributed by atoms with E-state index >= 15 is 0 Å². The highest BCUT2D eigenvalue weighted by Crippen LogP contribution is 2.28. The van der Waals surface area contributed by atoms with Crippen molar-refractivity contribution in [2.75, 3.05) is 7.11 Å². The minimum Gasteiger partial charge on any atom is -0.270 e. The molecule has 0 unspecified atom stereocenters. The van der Waals surface area contributed by atoms with E-state index in [9.17, 15) is 8.42 Å². The number of benzene rings is 2. The molecule has 16 heavy (non-hydrogen) atoms. The summed E-state index contributed by atoms with van der Waals surface area (Å²) >= 11 is 5.87. The van der Waals surface area contributed by atoms with Crippen LogP contribution in [0.4, 0.5) is 0 Å². The van der Waals surface area contributed by atoms with Crippen LogP contribution in [-0.2, 0) is 14.3 Å². The highest BCUT2D eigenvalue weighted by atomic mass is 35.5. The van der Waals surface area contributed by atoms with Crippen molar-refractivity contribution in [1.29, 1.82) is 0 Å². The van der Waals surface area contributed by atoms with Gasteiger partial charge in [0.05, 0.1) is 7.11 Å². The van der Waals surface area contributed by atoms with Crippen LogP contribution in [0, 0.1) is 0 Å². The standard InChI is InChI=1S/C11H9ClO3S/c1-15-16(13,14)11-7-9(12)6-8-4-2-3-5-10(8)11/h2-7H,1H3. The first-order chi connectivity index (χ1) is 7.54. The molecule has 0 N–H and O–H groups in total. The van der Waals surface area contributed by atoms with Crippen molar-refractivity contribution < 1.29 is 12.6 Å². The van der Waals surface area contributed by atoms with Gasteiger partial charge in [-0.3, -0.25) is 4.18 Å². The summed E-state index contributed by atoms with van der Waals surface area (Å²) in [4.78, 5) is 0.0955. The molecule has 84 valence electrons. The fraction of sp³-hybridized carbons (Fsp3) is 0.0909. The predicted molar refractivity (Wildman–Crippen MR) is 63.2 cm³/mol. The summed E-state index contributed by atoms with van der Waals surface area (Å²) in [5, 5.41) is 1.74. The average molecular weight is 257 g/mol. The van der Waals surface area contributed by atoms with Gasteiger partial charge in [0.2, 0.25) is 0 Å². The van der Waals surface area contributed by atoms with Crippen molar-refractivity contribution in [1.82, 2.24) is 0 Å². The molecule has 0 aliphatic heterocycles. The van der Waals surface area contributed by atoms with Gasteiger partial charge >= 0.3 is 0 Å². The number of halogens is 1. The van der Waals surface area contributed by atoms with Gasteiger partial charge in [-0.1, -0.05) is 35.9 Å². The summed E-state index contributed by atoms with van der Waals surface area (Å²) in [5.41, 5.74) is 0. The molecule has 0 saturated heterocycles. The topological polar surface area (TPSA) is 43.4 Å². The molecule has 2 aromatic rings. The lowest BCUT2D eigenvalue weighted by atomic mass is 10.1. The Bertz CT molecular complexity index is 635. The van der Waals surface area contributed by atoms with Gasteiger partial charge in [-0.2, -0.15) is 8.42 Å². The second-order valence-electron chi connectivity index (χ2n) is 3.25. The van der Waals surface area contributed by atoms with Crippen LogP contribution in [-0.4, -0.2) is 15.5 Å². The Hall–Kier alpha value is -1.10. The highest BCUT2D eigenvalue weighted by Gasteiger charge is 2.17. The number of fused-ring (bicyclic) bond motifs is 1. The Kier molecular flexibility index (Phi) is 2.88. The maximum Gasteiger partial charge on any atom is 0.297 e. The van der Waals surface area contributed by atoms with E-state index in [4.69, 9.17) is 11.6 Å². The lowest BCUT2D eigenvalue weighted by Crippen LogP contribution is -2.03. The zero-order chi connectivity index (χ0) is 11.8. The molecule has 2 aromatic carbocycles. The zero-order valence-corrected chi connectivity index (χ0v) is 10.0. The Morgan fingerprint density at radius 2 is 1.88 bits per heavy atom. The van der Waals surface area contributed by atoms with Crippen LogP contribution in [0.1, 0.15) is 0 Å². The smallest absolute Gasteiger partial charge is 0.270 e. The van der Waals surface area contributed by atoms with Gasteiger partial charge in [-0.05, 0) is 17.5 Å². The van der Waals surface area contributed by atoms with Crippen LogP contribution >= 0.6 is 11.6 Å². The largest absolute Gasteiger partial charge is 0.297 e. The molecule has 0 radical (unpaired) electrons. The summed E-state index contributed by atoms with van der Waals surface area (Å²) < 4.78 is 27.9. The van der Waals surface area contributed by atoms with Gasteiger partial charge < -0.3 is 0 Å². The second kappa shape index (κ2) is 4.05. The third kappa shape index (κ3) is 1.91. The van der Waals surface area contributed by atoms with Crippen molar-refractivity contribution in [3.05, 3.63) is 41.4 Å². The third-order valence-electron chi connectivity index (χ3n) is 2.28. The van der Waals surface area contributed by atoms with Crippen molar-refractivity contribution in [3.63, 3.8) is 0 Å². The van der Waals surface area contributed by atoms with Crippen LogP contribution in [0.2, 0.25) is 5.02 Å². The SMILES string of the molecule is COS(=O)(=O)c1cc(Cl)cc2ccccc12. The van der Waals surface area contributed by atoms with Crippen LogP contribution in [0.5, 0.6) is 0 Å². The van der Waals surface area contributed by atoms with Gasteiger partial charge in [0.1, 0.15) is 4.90 Å². The van der Waals surface area contributed by atoms with Crippen LogP contribution in [0.25, 0.3) is 10.8 Å². The minimum atomic E-state index is -3.73. The molecule has 5 heteroatoms. The van der Waals surface area contributed by atoms with Crippen molar-refractivity contribution in [2.45, 2.75) is 4.90 Å². The fourth-order valence-corrected chi connectivity index (χ4v) is 2.73. The number of hydrogen-bond donors (Lipinski definition) is 0. The highest BCUT2D eigenvalue weighted by molar-refractivity contribution is 7.87. The Morgan fingerprint density at radius 1 is 1.19 bits per heavy atom. The molecule has 0 aliphatic carbocycles. The van der Waals surface area contributed by atoms with Crippen LogP contribution < -0.4 is 0 Å². The molecule has 0 heterocycles. The third-order valence-corrected chi connectivity index (χ3v) is 3.81. The minimum absolute atomic E-state index is 0.0955.